The molecule has 156 valence electrons. The van der Waals surface area contributed by atoms with Crippen LogP contribution in [0.3, 0.4) is 0 Å². The lowest BCUT2D eigenvalue weighted by atomic mass is 10.0. The van der Waals surface area contributed by atoms with Gasteiger partial charge in [0.1, 0.15) is 11.3 Å². The van der Waals surface area contributed by atoms with E-state index in [0.717, 1.165) is 24.2 Å². The second-order valence-electron chi connectivity index (χ2n) is 7.39. The molecule has 1 fully saturated rings. The van der Waals surface area contributed by atoms with E-state index in [-0.39, 0.29) is 11.7 Å². The Kier molecular flexibility index (Phi) is 5.78. The number of hydrogen-bond acceptors (Lipinski definition) is 7. The van der Waals surface area contributed by atoms with Gasteiger partial charge in [-0.2, -0.15) is 0 Å². The van der Waals surface area contributed by atoms with Crippen LogP contribution >= 0.6 is 0 Å². The van der Waals surface area contributed by atoms with Crippen molar-refractivity contribution in [1.82, 2.24) is 4.90 Å². The van der Waals surface area contributed by atoms with Crippen LogP contribution in [-0.4, -0.2) is 42.7 Å². The topological polar surface area (TPSA) is 97.9 Å². The summed E-state index contributed by atoms with van der Waals surface area (Å²) in [7, 11) is 0. The third-order valence-electron chi connectivity index (χ3n) is 5.31. The van der Waals surface area contributed by atoms with Gasteiger partial charge >= 0.3 is 11.3 Å². The number of nitrogens with zero attached hydrogens (tertiary/aromatic N) is 2. The first-order valence-electron chi connectivity index (χ1n) is 9.86. The fourth-order valence-corrected chi connectivity index (χ4v) is 3.70. The predicted octanol–water partition coefficient (Wildman–Crippen LogP) is 3.50. The van der Waals surface area contributed by atoms with E-state index in [2.05, 4.69) is 10.2 Å². The van der Waals surface area contributed by atoms with Crippen LogP contribution in [0.25, 0.3) is 11.0 Å². The summed E-state index contributed by atoms with van der Waals surface area (Å²) in [4.78, 5) is 25.7. The second kappa shape index (κ2) is 8.64. The predicted molar refractivity (Wildman–Crippen MR) is 114 cm³/mol. The first-order valence-corrected chi connectivity index (χ1v) is 9.86. The smallest absolute Gasteiger partial charge is 0.417 e. The van der Waals surface area contributed by atoms with Crippen LogP contribution in [0.1, 0.15) is 17.2 Å². The summed E-state index contributed by atoms with van der Waals surface area (Å²) in [5, 5.41) is 15.5. The van der Waals surface area contributed by atoms with Gasteiger partial charge in [-0.1, -0.05) is 42.0 Å². The molecule has 2 heterocycles. The third kappa shape index (κ3) is 4.19. The highest BCUT2D eigenvalue weighted by molar-refractivity contribution is 5.94. The van der Waals surface area contributed by atoms with Crippen LogP contribution in [0.4, 0.5) is 11.4 Å². The Morgan fingerprint density at radius 2 is 1.83 bits per heavy atom. The SMILES string of the molecule is Cc1ccc(C(CN2CCOCC2)Nc2c([N+](=O)[O-])c(=O)oc3ccccc23)cc1. The number of fused-ring (bicyclic) bond motifs is 1. The maximum Gasteiger partial charge on any atom is 0.417 e. The van der Waals surface area contributed by atoms with E-state index in [0.29, 0.717) is 30.7 Å². The molecule has 1 aromatic heterocycles. The molecule has 0 saturated carbocycles. The van der Waals surface area contributed by atoms with Crippen molar-refractivity contribution in [3.63, 3.8) is 0 Å². The van der Waals surface area contributed by atoms with Crippen LogP contribution in [0.15, 0.2) is 57.7 Å². The van der Waals surface area contributed by atoms with Crippen molar-refractivity contribution in [2.24, 2.45) is 0 Å². The van der Waals surface area contributed by atoms with Crippen molar-refractivity contribution in [3.8, 4) is 0 Å². The van der Waals surface area contributed by atoms with Gasteiger partial charge in [0.15, 0.2) is 0 Å². The highest BCUT2D eigenvalue weighted by atomic mass is 16.6. The first kappa shape index (κ1) is 20.1. The van der Waals surface area contributed by atoms with Crippen LogP contribution in [0.2, 0.25) is 0 Å². The molecule has 0 aliphatic carbocycles. The fraction of sp³-hybridized carbons (Fsp3) is 0.318. The molecule has 8 nitrogen and oxygen atoms in total. The number of ether oxygens (including phenoxy) is 1. The Labute approximate surface area is 173 Å². The molecule has 3 aromatic rings. The molecule has 4 rings (SSSR count). The zero-order chi connectivity index (χ0) is 21.1. The molecule has 8 heteroatoms. The Bertz CT molecular complexity index is 1100. The average molecular weight is 409 g/mol. The molecule has 2 aromatic carbocycles. The van der Waals surface area contributed by atoms with Gasteiger partial charge in [-0.3, -0.25) is 15.0 Å². The lowest BCUT2D eigenvalue weighted by molar-refractivity contribution is -0.386. The van der Waals surface area contributed by atoms with Gasteiger partial charge in [-0.05, 0) is 24.6 Å². The van der Waals surface area contributed by atoms with E-state index < -0.39 is 16.2 Å². The van der Waals surface area contributed by atoms with Crippen molar-refractivity contribution in [1.29, 1.82) is 0 Å². The zero-order valence-electron chi connectivity index (χ0n) is 16.7. The van der Waals surface area contributed by atoms with E-state index in [9.17, 15) is 14.9 Å². The maximum atomic E-state index is 12.4. The Morgan fingerprint density at radius 1 is 1.13 bits per heavy atom. The molecule has 1 atom stereocenters. The number of para-hydroxylation sites is 1. The third-order valence-corrected chi connectivity index (χ3v) is 5.31. The number of rotatable bonds is 6. The molecule has 1 saturated heterocycles. The largest absolute Gasteiger partial charge is 0.418 e. The summed E-state index contributed by atoms with van der Waals surface area (Å²) in [5.74, 6) is 0. The van der Waals surface area contributed by atoms with Gasteiger partial charge in [0, 0.05) is 25.0 Å². The Morgan fingerprint density at radius 3 is 2.53 bits per heavy atom. The van der Waals surface area contributed by atoms with Crippen LogP contribution in [0, 0.1) is 17.0 Å². The molecular formula is C22H23N3O5. The standard InChI is InChI=1S/C22H23N3O5/c1-15-6-8-16(9-7-15)18(14-24-10-12-29-13-11-24)23-20-17-4-2-3-5-19(17)30-22(26)21(20)25(27)28/h2-9,18,23H,10-14H2,1H3. The van der Waals surface area contributed by atoms with E-state index in [1.54, 1.807) is 24.3 Å². The number of morpholine rings is 1. The zero-order valence-corrected chi connectivity index (χ0v) is 16.7. The monoisotopic (exact) mass is 409 g/mol. The van der Waals surface area contributed by atoms with Crippen molar-refractivity contribution in [2.75, 3.05) is 38.2 Å². The van der Waals surface area contributed by atoms with E-state index in [1.165, 1.54) is 0 Å². The van der Waals surface area contributed by atoms with Gasteiger partial charge in [0.25, 0.3) is 0 Å². The number of hydrogen-bond donors (Lipinski definition) is 1. The summed E-state index contributed by atoms with van der Waals surface area (Å²) in [5.41, 5.74) is 1.07. The van der Waals surface area contributed by atoms with Gasteiger partial charge in [-0.15, -0.1) is 0 Å². The average Bonchev–Trinajstić information content (AvgIpc) is 2.74. The minimum absolute atomic E-state index is 0.186. The van der Waals surface area contributed by atoms with E-state index in [1.807, 2.05) is 31.2 Å². The minimum Gasteiger partial charge on any atom is -0.418 e. The Hall–Kier alpha value is -3.23. The van der Waals surface area contributed by atoms with Crippen molar-refractivity contribution < 1.29 is 14.1 Å². The number of benzene rings is 2. The van der Waals surface area contributed by atoms with Gasteiger partial charge in [0.05, 0.1) is 24.2 Å². The molecule has 0 radical (unpaired) electrons. The number of aryl methyl sites for hydroxylation is 1. The lowest BCUT2D eigenvalue weighted by Gasteiger charge is -2.31. The van der Waals surface area contributed by atoms with Gasteiger partial charge < -0.3 is 14.5 Å². The van der Waals surface area contributed by atoms with Crippen LogP contribution < -0.4 is 10.9 Å². The van der Waals surface area contributed by atoms with Crippen LogP contribution in [-0.2, 0) is 4.74 Å². The number of nitro groups is 1. The highest BCUT2D eigenvalue weighted by Crippen LogP contribution is 2.33. The molecule has 0 bridgehead atoms. The minimum atomic E-state index is -0.963. The quantitative estimate of drug-likeness (QED) is 0.378. The van der Waals surface area contributed by atoms with E-state index in [4.69, 9.17) is 9.15 Å². The molecule has 0 amide bonds. The van der Waals surface area contributed by atoms with E-state index >= 15 is 0 Å². The first-order chi connectivity index (χ1) is 14.5. The van der Waals surface area contributed by atoms with Crippen LogP contribution in [0.5, 0.6) is 0 Å². The van der Waals surface area contributed by atoms with Gasteiger partial charge in [-0.25, -0.2) is 4.79 Å². The summed E-state index contributed by atoms with van der Waals surface area (Å²) in [6.07, 6.45) is 0. The summed E-state index contributed by atoms with van der Waals surface area (Å²) >= 11 is 0. The number of nitrogens with one attached hydrogen (secondary N) is 1. The summed E-state index contributed by atoms with van der Waals surface area (Å²) in [6.45, 7) is 5.50. The second-order valence-corrected chi connectivity index (χ2v) is 7.39. The number of anilines is 1. The molecule has 1 aliphatic heterocycles. The summed E-state index contributed by atoms with van der Waals surface area (Å²) < 4.78 is 10.6. The van der Waals surface area contributed by atoms with Crippen molar-refractivity contribution >= 4 is 22.3 Å². The molecule has 1 aliphatic rings. The molecular weight excluding hydrogens is 386 g/mol. The van der Waals surface area contributed by atoms with Gasteiger partial charge in [0.2, 0.25) is 0 Å². The molecule has 0 spiro atoms. The molecule has 1 unspecified atom stereocenters. The Balaban J connectivity index is 1.79. The lowest BCUT2D eigenvalue weighted by Crippen LogP contribution is -2.40. The normalized spacial score (nSPS) is 15.8. The molecule has 1 N–H and O–H groups in total. The highest BCUT2D eigenvalue weighted by Gasteiger charge is 2.28. The van der Waals surface area contributed by atoms with Crippen molar-refractivity contribution in [2.45, 2.75) is 13.0 Å². The van der Waals surface area contributed by atoms with Crippen molar-refractivity contribution in [3.05, 3.63) is 80.2 Å². The fourth-order valence-electron chi connectivity index (χ4n) is 3.70. The maximum absolute atomic E-state index is 12.4. The molecule has 30 heavy (non-hydrogen) atoms. The summed E-state index contributed by atoms with van der Waals surface area (Å²) in [6, 6.07) is 14.6.